The van der Waals surface area contributed by atoms with Crippen LogP contribution in [0.25, 0.3) is 0 Å². The second-order valence-electron chi connectivity index (χ2n) is 8.12. The fourth-order valence-corrected chi connectivity index (χ4v) is 4.18. The second-order valence-corrected chi connectivity index (χ2v) is 8.53. The molecule has 0 unspecified atom stereocenters. The lowest BCUT2D eigenvalue weighted by molar-refractivity contribution is -0.138. The highest BCUT2D eigenvalue weighted by atomic mass is 35.5. The number of nitrogens with zero attached hydrogens (tertiary/aromatic N) is 2. The molecule has 1 fully saturated rings. The average Bonchev–Trinajstić information content (AvgIpc) is 2.73. The third-order valence-corrected chi connectivity index (χ3v) is 5.92. The number of benzene rings is 1. The molecule has 11 heteroatoms. The lowest BCUT2D eigenvalue weighted by Crippen LogP contribution is -2.45. The van der Waals surface area contributed by atoms with Crippen molar-refractivity contribution in [1.82, 2.24) is 9.88 Å². The molecule has 0 radical (unpaired) electrons. The van der Waals surface area contributed by atoms with E-state index in [-0.39, 0.29) is 54.3 Å². The minimum atomic E-state index is -4.48. The third kappa shape index (κ3) is 5.93. The zero-order chi connectivity index (χ0) is 24.4. The molecular formula is C22H24ClF4N3O3. The van der Waals surface area contributed by atoms with Crippen molar-refractivity contribution in [2.75, 3.05) is 25.0 Å². The van der Waals surface area contributed by atoms with Crippen molar-refractivity contribution in [3.05, 3.63) is 57.9 Å². The third-order valence-electron chi connectivity index (χ3n) is 5.63. The quantitative estimate of drug-likeness (QED) is 0.542. The predicted octanol–water partition coefficient (Wildman–Crippen LogP) is 4.45. The topological polar surface area (TPSA) is 85.7 Å². The van der Waals surface area contributed by atoms with Crippen LogP contribution in [0.2, 0.25) is 5.02 Å². The molecule has 0 saturated carbocycles. The number of urea groups is 1. The summed E-state index contributed by atoms with van der Waals surface area (Å²) in [6.45, 7) is 1.01. The first-order valence-electron chi connectivity index (χ1n) is 10.3. The molecule has 1 aromatic heterocycles. The van der Waals surface area contributed by atoms with E-state index < -0.39 is 36.2 Å². The summed E-state index contributed by atoms with van der Waals surface area (Å²) < 4.78 is 54.3. The molecule has 33 heavy (non-hydrogen) atoms. The van der Waals surface area contributed by atoms with Gasteiger partial charge in [-0.3, -0.25) is 4.98 Å². The molecular weight excluding hydrogens is 466 g/mol. The lowest BCUT2D eigenvalue weighted by atomic mass is 9.89. The molecule has 0 spiro atoms. The highest BCUT2D eigenvalue weighted by molar-refractivity contribution is 6.31. The smallest absolute Gasteiger partial charge is 0.394 e. The number of aromatic nitrogens is 1. The summed E-state index contributed by atoms with van der Waals surface area (Å²) in [5.74, 6) is 0. The maximum atomic E-state index is 15.6. The van der Waals surface area contributed by atoms with E-state index in [4.69, 9.17) is 16.7 Å². The molecule has 3 N–H and O–H groups in total. The van der Waals surface area contributed by atoms with E-state index in [2.05, 4.69) is 10.3 Å². The Morgan fingerprint density at radius 1 is 1.30 bits per heavy atom. The van der Waals surface area contributed by atoms with Gasteiger partial charge < -0.3 is 20.4 Å². The fourth-order valence-electron chi connectivity index (χ4n) is 3.82. The summed E-state index contributed by atoms with van der Waals surface area (Å²) in [4.78, 5) is 18.0. The van der Waals surface area contributed by atoms with Gasteiger partial charge in [-0.25, -0.2) is 9.18 Å². The first-order valence-corrected chi connectivity index (χ1v) is 10.7. The van der Waals surface area contributed by atoms with Crippen LogP contribution in [0, 0.1) is 6.92 Å². The number of hydrogen-bond donors (Lipinski definition) is 3. The molecule has 180 valence electrons. The number of carbonyl (C=O) groups is 1. The van der Waals surface area contributed by atoms with Crippen LogP contribution in [0.4, 0.5) is 28.0 Å². The summed E-state index contributed by atoms with van der Waals surface area (Å²) in [6, 6.07) is 4.28. The second kappa shape index (κ2) is 9.82. The number of piperidine rings is 1. The van der Waals surface area contributed by atoms with Crippen molar-refractivity contribution in [3.63, 3.8) is 0 Å². The van der Waals surface area contributed by atoms with Crippen LogP contribution >= 0.6 is 11.6 Å². The number of aliphatic hydroxyl groups excluding tert-OH is 2. The van der Waals surface area contributed by atoms with Crippen LogP contribution in [-0.4, -0.2) is 51.9 Å². The average molecular weight is 490 g/mol. The molecule has 1 aliphatic heterocycles. The molecule has 0 bridgehead atoms. The standard InChI is InChI=1S/C22H24ClF4N3O3/c1-13-8-15(2-3-17(13)22(25,26)27)29-20(33)30-6-4-21(24,5-7-30)19-18(23)10-14(11-28-19)9-16(32)12-31/h2-3,8,10-11,16,31-32H,4-7,9,12H2,1H3,(H,29,33)/t16-/m0/s1. The Bertz CT molecular complexity index is 1010. The number of likely N-dealkylation sites (tertiary alicyclic amines) is 1. The number of carbonyl (C=O) groups excluding carboxylic acids is 1. The van der Waals surface area contributed by atoms with Crippen LogP contribution < -0.4 is 5.32 Å². The minimum Gasteiger partial charge on any atom is -0.394 e. The highest BCUT2D eigenvalue weighted by Crippen LogP contribution is 2.40. The van der Waals surface area contributed by atoms with Gasteiger partial charge in [0.25, 0.3) is 0 Å². The summed E-state index contributed by atoms with van der Waals surface area (Å²) >= 11 is 6.23. The van der Waals surface area contributed by atoms with E-state index in [0.717, 1.165) is 6.07 Å². The molecule has 6 nitrogen and oxygen atoms in total. The van der Waals surface area contributed by atoms with Gasteiger partial charge in [-0.2, -0.15) is 13.2 Å². The molecule has 1 saturated heterocycles. The Balaban J connectivity index is 1.63. The van der Waals surface area contributed by atoms with Gasteiger partial charge in [0.2, 0.25) is 0 Å². The van der Waals surface area contributed by atoms with Crippen LogP contribution in [0.5, 0.6) is 0 Å². The number of aryl methyl sites for hydroxylation is 1. The number of anilines is 1. The van der Waals surface area contributed by atoms with Gasteiger partial charge in [-0.05, 0) is 42.3 Å². The van der Waals surface area contributed by atoms with Crippen LogP contribution in [0.15, 0.2) is 30.5 Å². The Hall–Kier alpha value is -2.43. The van der Waals surface area contributed by atoms with Gasteiger partial charge in [0, 0.05) is 44.2 Å². The molecule has 1 aromatic carbocycles. The van der Waals surface area contributed by atoms with E-state index in [9.17, 15) is 23.1 Å². The Labute approximate surface area is 193 Å². The summed E-state index contributed by atoms with van der Waals surface area (Å²) in [5.41, 5.74) is -1.83. The largest absolute Gasteiger partial charge is 0.416 e. The van der Waals surface area contributed by atoms with Crippen molar-refractivity contribution >= 4 is 23.3 Å². The van der Waals surface area contributed by atoms with Gasteiger partial charge in [0.15, 0.2) is 5.67 Å². The normalized spacial score (nSPS) is 17.0. The SMILES string of the molecule is Cc1cc(NC(=O)N2CCC(F)(c3ncc(C[C@H](O)CO)cc3Cl)CC2)ccc1C(F)(F)F. The minimum absolute atomic E-state index is 0.0163. The number of nitrogens with one attached hydrogen (secondary N) is 1. The predicted molar refractivity (Wildman–Crippen MR) is 115 cm³/mol. The summed E-state index contributed by atoms with van der Waals surface area (Å²) in [6.07, 6.45) is -4.04. The van der Waals surface area contributed by atoms with Crippen LogP contribution in [0.3, 0.4) is 0 Å². The molecule has 2 aromatic rings. The van der Waals surface area contributed by atoms with E-state index >= 15 is 4.39 Å². The first-order chi connectivity index (χ1) is 15.4. The Kier molecular flexibility index (Phi) is 7.50. The van der Waals surface area contributed by atoms with Crippen LogP contribution in [-0.2, 0) is 18.3 Å². The number of pyridine rings is 1. The lowest BCUT2D eigenvalue weighted by Gasteiger charge is -2.36. The monoisotopic (exact) mass is 489 g/mol. The van der Waals surface area contributed by atoms with Crippen LogP contribution in [0.1, 0.15) is 35.2 Å². The number of rotatable bonds is 5. The van der Waals surface area contributed by atoms with E-state index in [0.29, 0.717) is 5.56 Å². The zero-order valence-electron chi connectivity index (χ0n) is 17.8. The fraction of sp³-hybridized carbons (Fsp3) is 0.455. The van der Waals surface area contributed by atoms with Gasteiger partial charge in [-0.15, -0.1) is 0 Å². The van der Waals surface area contributed by atoms with E-state index in [1.165, 1.54) is 36.2 Å². The maximum absolute atomic E-state index is 15.6. The van der Waals surface area contributed by atoms with E-state index in [1.54, 1.807) is 0 Å². The number of hydrogen-bond acceptors (Lipinski definition) is 4. The van der Waals surface area contributed by atoms with Crippen molar-refractivity contribution in [2.24, 2.45) is 0 Å². The van der Waals surface area contributed by atoms with Gasteiger partial charge >= 0.3 is 12.2 Å². The number of amides is 2. The summed E-state index contributed by atoms with van der Waals surface area (Å²) in [5, 5.41) is 21.1. The Morgan fingerprint density at radius 2 is 1.97 bits per heavy atom. The molecule has 3 rings (SSSR count). The summed E-state index contributed by atoms with van der Waals surface area (Å²) in [7, 11) is 0. The first kappa shape index (κ1) is 25.2. The molecule has 1 atom stereocenters. The highest BCUT2D eigenvalue weighted by Gasteiger charge is 2.40. The number of alkyl halides is 4. The molecule has 0 aliphatic carbocycles. The van der Waals surface area contributed by atoms with Crippen molar-refractivity contribution in [2.45, 2.75) is 44.1 Å². The van der Waals surface area contributed by atoms with Gasteiger partial charge in [-0.1, -0.05) is 11.6 Å². The van der Waals surface area contributed by atoms with Crippen molar-refractivity contribution in [3.8, 4) is 0 Å². The van der Waals surface area contributed by atoms with Crippen molar-refractivity contribution in [1.29, 1.82) is 0 Å². The van der Waals surface area contributed by atoms with Gasteiger partial charge in [0.1, 0.15) is 0 Å². The molecule has 2 amide bonds. The Morgan fingerprint density at radius 3 is 2.52 bits per heavy atom. The molecule has 2 heterocycles. The van der Waals surface area contributed by atoms with Crippen molar-refractivity contribution < 1.29 is 32.6 Å². The maximum Gasteiger partial charge on any atom is 0.416 e. The van der Waals surface area contributed by atoms with Gasteiger partial charge in [0.05, 0.1) is 29.0 Å². The number of aliphatic hydroxyl groups is 2. The van der Waals surface area contributed by atoms with E-state index in [1.807, 2.05) is 0 Å². The number of halogens is 5. The molecule has 1 aliphatic rings. The zero-order valence-corrected chi connectivity index (χ0v) is 18.5.